The summed E-state index contributed by atoms with van der Waals surface area (Å²) < 4.78 is 37.9. The zero-order chi connectivity index (χ0) is 38.1. The molecule has 0 aliphatic carbocycles. The van der Waals surface area contributed by atoms with Gasteiger partial charge in [0.15, 0.2) is 0 Å². The molecule has 0 amide bonds. The Bertz CT molecular complexity index is 1780. The summed E-state index contributed by atoms with van der Waals surface area (Å²) in [5, 5.41) is 2.05. The van der Waals surface area contributed by atoms with Gasteiger partial charge in [-0.3, -0.25) is 0 Å². The van der Waals surface area contributed by atoms with Crippen molar-refractivity contribution in [1.82, 2.24) is 0 Å². The van der Waals surface area contributed by atoms with Crippen LogP contribution in [-0.2, 0) is 46.1 Å². The summed E-state index contributed by atoms with van der Waals surface area (Å²) in [5.74, 6) is -0.946. The number of hydrogen-bond donors (Lipinski definition) is 0. The molecule has 3 atom stereocenters. The minimum Gasteiger partial charge on any atom is -0.466 e. The Labute approximate surface area is 321 Å². The van der Waals surface area contributed by atoms with Crippen LogP contribution in [0.1, 0.15) is 43.4 Å². The average molecular weight is 745 g/mol. The van der Waals surface area contributed by atoms with Crippen molar-refractivity contribution >= 4 is 24.7 Å². The number of benzene rings is 5. The second kappa shape index (κ2) is 20.7. The SMILES string of the molecule is COC(=O)/C=C/[C@H](OCOCc1ccccc1)[C@H](c1ccccc1)[C@@H](CO[Si](c1ccccc1)(c1ccccc1)C(C)(C)C)OCOCc1ccccc1. The van der Waals surface area contributed by atoms with E-state index in [1.54, 1.807) is 6.08 Å². The summed E-state index contributed by atoms with van der Waals surface area (Å²) in [4.78, 5) is 12.5. The summed E-state index contributed by atoms with van der Waals surface area (Å²) in [6, 6.07) is 51.0. The van der Waals surface area contributed by atoms with E-state index < -0.39 is 32.4 Å². The number of carbonyl (C=O) groups is 1. The van der Waals surface area contributed by atoms with Crippen molar-refractivity contribution in [2.24, 2.45) is 0 Å². The Kier molecular flexibility index (Phi) is 15.5. The maximum absolute atomic E-state index is 12.5. The first-order chi connectivity index (χ1) is 26.3. The molecule has 0 spiro atoms. The minimum atomic E-state index is -2.98. The molecule has 282 valence electrons. The van der Waals surface area contributed by atoms with E-state index in [9.17, 15) is 4.79 Å². The van der Waals surface area contributed by atoms with Crippen LogP contribution in [0.3, 0.4) is 0 Å². The average Bonchev–Trinajstić information content (AvgIpc) is 3.21. The zero-order valence-electron chi connectivity index (χ0n) is 31.7. The summed E-state index contributed by atoms with van der Waals surface area (Å²) in [6.45, 7) is 7.69. The van der Waals surface area contributed by atoms with Crippen molar-refractivity contribution < 1.29 is 32.9 Å². The normalized spacial score (nSPS) is 13.7. The molecule has 0 aromatic heterocycles. The molecule has 0 aliphatic rings. The second-order valence-electron chi connectivity index (χ2n) is 14.0. The second-order valence-corrected chi connectivity index (χ2v) is 18.3. The number of rotatable bonds is 20. The van der Waals surface area contributed by atoms with Crippen LogP contribution in [0.4, 0.5) is 0 Å². The van der Waals surface area contributed by atoms with Gasteiger partial charge in [0.25, 0.3) is 8.32 Å². The van der Waals surface area contributed by atoms with E-state index in [1.807, 2.05) is 103 Å². The molecule has 0 fully saturated rings. The van der Waals surface area contributed by atoms with Gasteiger partial charge in [-0.15, -0.1) is 0 Å². The lowest BCUT2D eigenvalue weighted by Crippen LogP contribution is -2.67. The largest absolute Gasteiger partial charge is 0.466 e. The number of ether oxygens (including phenoxy) is 5. The molecule has 5 aromatic rings. The fourth-order valence-electron chi connectivity index (χ4n) is 6.77. The van der Waals surface area contributed by atoms with Crippen molar-refractivity contribution in [3.05, 3.63) is 181 Å². The fourth-order valence-corrected chi connectivity index (χ4v) is 11.3. The topological polar surface area (TPSA) is 72.5 Å². The Hall–Kier alpha value is -4.67. The number of methoxy groups -OCH3 is 1. The highest BCUT2D eigenvalue weighted by atomic mass is 28.4. The van der Waals surface area contributed by atoms with Crippen LogP contribution in [0.5, 0.6) is 0 Å². The highest BCUT2D eigenvalue weighted by Gasteiger charge is 2.51. The molecule has 0 saturated heterocycles. The van der Waals surface area contributed by atoms with Crippen LogP contribution in [0, 0.1) is 0 Å². The van der Waals surface area contributed by atoms with Crippen LogP contribution in [-0.4, -0.2) is 53.8 Å². The first-order valence-corrected chi connectivity index (χ1v) is 20.3. The fraction of sp³-hybridized carbons (Fsp3) is 0.283. The van der Waals surface area contributed by atoms with Gasteiger partial charge in [-0.05, 0) is 38.2 Å². The van der Waals surface area contributed by atoms with E-state index in [0.717, 1.165) is 27.1 Å². The van der Waals surface area contributed by atoms with E-state index in [4.69, 9.17) is 28.1 Å². The van der Waals surface area contributed by atoms with Crippen LogP contribution in [0.2, 0.25) is 5.04 Å². The van der Waals surface area contributed by atoms with Crippen LogP contribution in [0.25, 0.3) is 0 Å². The highest BCUT2D eigenvalue weighted by molar-refractivity contribution is 6.99. The first kappa shape index (κ1) is 40.5. The number of carbonyl (C=O) groups excluding carboxylic acids is 1. The summed E-state index contributed by atoms with van der Waals surface area (Å²) >= 11 is 0. The van der Waals surface area contributed by atoms with Gasteiger partial charge in [0.05, 0.1) is 39.1 Å². The third kappa shape index (κ3) is 11.2. The van der Waals surface area contributed by atoms with Gasteiger partial charge in [0.2, 0.25) is 0 Å². The van der Waals surface area contributed by atoms with Gasteiger partial charge in [0, 0.05) is 12.0 Å². The van der Waals surface area contributed by atoms with Gasteiger partial charge in [-0.1, -0.05) is 172 Å². The maximum atomic E-state index is 12.5. The van der Waals surface area contributed by atoms with Crippen molar-refractivity contribution in [2.75, 3.05) is 27.3 Å². The van der Waals surface area contributed by atoms with Crippen molar-refractivity contribution in [2.45, 2.75) is 57.1 Å². The Morgan fingerprint density at radius 1 is 0.630 bits per heavy atom. The van der Waals surface area contributed by atoms with Crippen molar-refractivity contribution in [3.8, 4) is 0 Å². The highest BCUT2D eigenvalue weighted by Crippen LogP contribution is 2.38. The number of esters is 1. The lowest BCUT2D eigenvalue weighted by atomic mass is 9.88. The lowest BCUT2D eigenvalue weighted by Gasteiger charge is -2.44. The number of hydrogen-bond acceptors (Lipinski definition) is 7. The Morgan fingerprint density at radius 3 is 1.54 bits per heavy atom. The molecule has 5 aromatic carbocycles. The van der Waals surface area contributed by atoms with Crippen LogP contribution in [0.15, 0.2) is 164 Å². The molecule has 0 saturated carbocycles. The molecular weight excluding hydrogens is 693 g/mol. The molecule has 0 N–H and O–H groups in total. The molecule has 0 radical (unpaired) electrons. The Morgan fingerprint density at radius 2 is 1.07 bits per heavy atom. The summed E-state index contributed by atoms with van der Waals surface area (Å²) in [6.07, 6.45) is 1.85. The molecular formula is C46H52O7Si. The van der Waals surface area contributed by atoms with Crippen LogP contribution >= 0.6 is 0 Å². The Balaban J connectivity index is 1.53. The summed E-state index contributed by atoms with van der Waals surface area (Å²) in [7, 11) is -1.63. The third-order valence-electron chi connectivity index (χ3n) is 9.38. The van der Waals surface area contributed by atoms with Crippen LogP contribution < -0.4 is 10.4 Å². The van der Waals surface area contributed by atoms with Gasteiger partial charge in [0.1, 0.15) is 13.6 Å². The standard InChI is InChI=1S/C46H52O7Si/c1-46(2,3)54(40-26-16-8-17-27-40,41-28-18-9-19-29-41)53-34-43(52-36-50-33-38-22-12-6-13-23-38)45(39-24-14-7-15-25-39)42(30-31-44(47)48-4)51-35-49-32-37-20-10-5-11-21-37/h5-31,42-43,45H,32-36H2,1-4H3/b31-30+/t42-,43+,45-/m0/s1. The molecule has 5 rings (SSSR count). The molecule has 8 heteroatoms. The van der Waals surface area contributed by atoms with Gasteiger partial charge in [-0.25, -0.2) is 4.79 Å². The smallest absolute Gasteiger partial charge is 0.330 e. The van der Waals surface area contributed by atoms with E-state index in [2.05, 4.69) is 69.3 Å². The maximum Gasteiger partial charge on any atom is 0.330 e. The van der Waals surface area contributed by atoms with Gasteiger partial charge < -0.3 is 28.1 Å². The van der Waals surface area contributed by atoms with Crippen molar-refractivity contribution in [1.29, 1.82) is 0 Å². The quantitative estimate of drug-likeness (QED) is 0.0262. The zero-order valence-corrected chi connectivity index (χ0v) is 32.7. The molecule has 0 heterocycles. The van der Waals surface area contributed by atoms with Gasteiger partial charge in [-0.2, -0.15) is 0 Å². The van der Waals surface area contributed by atoms with E-state index in [-0.39, 0.29) is 25.2 Å². The monoisotopic (exact) mass is 744 g/mol. The molecule has 0 unspecified atom stereocenters. The van der Waals surface area contributed by atoms with E-state index in [1.165, 1.54) is 13.2 Å². The van der Waals surface area contributed by atoms with Gasteiger partial charge >= 0.3 is 5.97 Å². The predicted octanol–water partition coefficient (Wildman–Crippen LogP) is 8.20. The van der Waals surface area contributed by atoms with Crippen molar-refractivity contribution in [3.63, 3.8) is 0 Å². The minimum absolute atomic E-state index is 0.00491. The lowest BCUT2D eigenvalue weighted by molar-refractivity contribution is -0.141. The first-order valence-electron chi connectivity index (χ1n) is 18.3. The molecule has 54 heavy (non-hydrogen) atoms. The summed E-state index contributed by atoms with van der Waals surface area (Å²) in [5.41, 5.74) is 3.01. The third-order valence-corrected chi connectivity index (χ3v) is 14.4. The predicted molar refractivity (Wildman–Crippen MR) is 216 cm³/mol. The van der Waals surface area contributed by atoms with E-state index in [0.29, 0.717) is 13.2 Å². The molecule has 0 bridgehead atoms. The molecule has 7 nitrogen and oxygen atoms in total. The molecule has 0 aliphatic heterocycles. The van der Waals surface area contributed by atoms with E-state index >= 15 is 0 Å².